The van der Waals surface area contributed by atoms with E-state index in [-0.39, 0.29) is 0 Å². The lowest BCUT2D eigenvalue weighted by Crippen LogP contribution is -2.44. The zero-order valence-corrected chi connectivity index (χ0v) is 9.40. The molecule has 78 valence electrons. The third-order valence-electron chi connectivity index (χ3n) is 2.10. The van der Waals surface area contributed by atoms with Crippen molar-refractivity contribution in [2.75, 3.05) is 13.1 Å². The highest BCUT2D eigenvalue weighted by Crippen LogP contribution is 2.19. The normalized spacial score (nSPS) is 41.5. The van der Waals surface area contributed by atoms with Crippen molar-refractivity contribution in [1.29, 1.82) is 0 Å². The quantitative estimate of drug-likeness (QED) is 0.509. The molecule has 1 rings (SSSR count). The minimum atomic E-state index is -0.680. The van der Waals surface area contributed by atoms with Gasteiger partial charge in [0.25, 0.3) is 0 Å². The van der Waals surface area contributed by atoms with E-state index in [9.17, 15) is 10.2 Å². The number of hydrogen-bond acceptors (Lipinski definition) is 5. The molecule has 0 amide bonds. The van der Waals surface area contributed by atoms with Gasteiger partial charge in [-0.25, -0.2) is 0 Å². The number of hydrogen-bond donors (Lipinski definition) is 3. The molecule has 0 bridgehead atoms. The second kappa shape index (κ2) is 5.52. The number of rotatable bonds is 2. The predicted octanol–water partition coefficient (Wildman–Crippen LogP) is -1.34. The summed E-state index contributed by atoms with van der Waals surface area (Å²) >= 11 is 0. The first-order valence-corrected chi connectivity index (χ1v) is 4.93. The van der Waals surface area contributed by atoms with Gasteiger partial charge in [0, 0.05) is 32.0 Å². The summed E-state index contributed by atoms with van der Waals surface area (Å²) in [4.78, 5) is 0. The molecule has 5 nitrogen and oxygen atoms in total. The van der Waals surface area contributed by atoms with Crippen LogP contribution in [-0.2, 0) is 9.05 Å². The molecule has 0 saturated carbocycles. The molecule has 0 aromatic carbocycles. The molecule has 6 atom stereocenters. The predicted molar refractivity (Wildman–Crippen MR) is 54.0 cm³/mol. The lowest BCUT2D eigenvalue weighted by molar-refractivity contribution is -0.0516. The van der Waals surface area contributed by atoms with Gasteiger partial charge in [-0.2, -0.15) is 0 Å². The Morgan fingerprint density at radius 1 is 1.00 bits per heavy atom. The first-order valence-electron chi connectivity index (χ1n) is 3.98. The van der Waals surface area contributed by atoms with Crippen molar-refractivity contribution in [1.82, 2.24) is 5.32 Å². The number of β-amino-alcohol motifs (C(OH)–C–C–N with tert-alkyl or cyclic N) is 2. The van der Waals surface area contributed by atoms with Gasteiger partial charge < -0.3 is 24.6 Å². The van der Waals surface area contributed by atoms with Crippen molar-refractivity contribution in [2.24, 2.45) is 0 Å². The summed E-state index contributed by atoms with van der Waals surface area (Å²) in [6.07, 6.45) is -2.43. The van der Waals surface area contributed by atoms with E-state index >= 15 is 0 Å². The van der Waals surface area contributed by atoms with Crippen molar-refractivity contribution >= 4 is 18.9 Å². The zero-order valence-electron chi connectivity index (χ0n) is 7.09. The monoisotopic (exact) mass is 227 g/mol. The molecular formula is C6H15NO4P2. The van der Waals surface area contributed by atoms with Crippen molar-refractivity contribution in [3.8, 4) is 0 Å². The van der Waals surface area contributed by atoms with Crippen molar-refractivity contribution in [3.63, 3.8) is 0 Å². The molecule has 1 fully saturated rings. The van der Waals surface area contributed by atoms with E-state index in [1.165, 1.54) is 0 Å². The summed E-state index contributed by atoms with van der Waals surface area (Å²) in [7, 11) is 4.15. The van der Waals surface area contributed by atoms with Crippen LogP contribution in [0.4, 0.5) is 0 Å². The van der Waals surface area contributed by atoms with Crippen LogP contribution in [0.25, 0.3) is 0 Å². The van der Waals surface area contributed by atoms with Crippen LogP contribution in [0.15, 0.2) is 0 Å². The standard InChI is InChI=1S/C6H15NO4P2/c8-3-1-7-2-4(9)6(11-13)5(3)10-12/h3-9H,1-2,12-13H2. The first-order chi connectivity index (χ1) is 6.20. The van der Waals surface area contributed by atoms with Gasteiger partial charge in [-0.3, -0.25) is 0 Å². The summed E-state index contributed by atoms with van der Waals surface area (Å²) in [6, 6.07) is 0. The van der Waals surface area contributed by atoms with Gasteiger partial charge in [-0.1, -0.05) is 0 Å². The van der Waals surface area contributed by atoms with E-state index in [0.29, 0.717) is 13.1 Å². The van der Waals surface area contributed by atoms with Gasteiger partial charge in [0.1, 0.15) is 12.2 Å². The summed E-state index contributed by atoms with van der Waals surface area (Å²) in [5.41, 5.74) is 0. The smallest absolute Gasteiger partial charge is 0.117 e. The van der Waals surface area contributed by atoms with Crippen LogP contribution in [0, 0.1) is 0 Å². The molecule has 7 heteroatoms. The minimum Gasteiger partial charge on any atom is -0.389 e. The average molecular weight is 227 g/mol. The molecule has 0 radical (unpaired) electrons. The molecule has 0 aromatic rings. The van der Waals surface area contributed by atoms with E-state index in [1.807, 2.05) is 0 Å². The Kier molecular flexibility index (Phi) is 4.98. The first kappa shape index (κ1) is 11.7. The van der Waals surface area contributed by atoms with Gasteiger partial charge in [0.15, 0.2) is 0 Å². The lowest BCUT2D eigenvalue weighted by Gasteiger charge is -2.27. The third-order valence-corrected chi connectivity index (χ3v) is 2.73. The minimum absolute atomic E-state index is 0.390. The number of aliphatic hydroxyl groups is 2. The van der Waals surface area contributed by atoms with Crippen LogP contribution in [0.1, 0.15) is 0 Å². The molecule has 0 spiro atoms. The molecule has 1 saturated heterocycles. The SMILES string of the molecule is OC1CNCC(O)C(OP)C1OP. The van der Waals surface area contributed by atoms with Crippen LogP contribution in [0.3, 0.4) is 0 Å². The summed E-state index contributed by atoms with van der Waals surface area (Å²) in [5, 5.41) is 22.0. The average Bonchev–Trinajstić information content (AvgIpc) is 2.25. The van der Waals surface area contributed by atoms with Gasteiger partial charge in [-0.05, 0) is 0 Å². The molecule has 3 N–H and O–H groups in total. The highest BCUT2D eigenvalue weighted by molar-refractivity contribution is 7.10. The van der Waals surface area contributed by atoms with Crippen molar-refractivity contribution in [2.45, 2.75) is 24.4 Å². The van der Waals surface area contributed by atoms with Crippen LogP contribution >= 0.6 is 18.9 Å². The van der Waals surface area contributed by atoms with Gasteiger partial charge in [0.05, 0.1) is 12.2 Å². The molecular weight excluding hydrogens is 212 g/mol. The Morgan fingerprint density at radius 2 is 1.38 bits per heavy atom. The Morgan fingerprint density at radius 3 is 1.69 bits per heavy atom. The topological polar surface area (TPSA) is 71.0 Å². The summed E-state index contributed by atoms with van der Waals surface area (Å²) in [6.45, 7) is 0.779. The number of nitrogens with one attached hydrogen (secondary N) is 1. The van der Waals surface area contributed by atoms with Crippen LogP contribution in [-0.4, -0.2) is 47.7 Å². The maximum Gasteiger partial charge on any atom is 0.117 e. The fraction of sp³-hybridized carbons (Fsp3) is 1.00. The Balaban J connectivity index is 2.69. The van der Waals surface area contributed by atoms with Gasteiger partial charge in [-0.15, -0.1) is 0 Å². The second-order valence-corrected chi connectivity index (χ2v) is 3.54. The lowest BCUT2D eigenvalue weighted by atomic mass is 10.1. The van der Waals surface area contributed by atoms with Crippen LogP contribution in [0.5, 0.6) is 0 Å². The van der Waals surface area contributed by atoms with Gasteiger partial charge in [0.2, 0.25) is 0 Å². The van der Waals surface area contributed by atoms with Crippen molar-refractivity contribution in [3.05, 3.63) is 0 Å². The maximum atomic E-state index is 9.57. The van der Waals surface area contributed by atoms with E-state index in [2.05, 4.69) is 24.3 Å². The van der Waals surface area contributed by atoms with E-state index in [0.717, 1.165) is 0 Å². The summed E-state index contributed by atoms with van der Waals surface area (Å²) in [5.74, 6) is 0. The fourth-order valence-corrected chi connectivity index (χ4v) is 2.06. The van der Waals surface area contributed by atoms with E-state index in [1.54, 1.807) is 0 Å². The van der Waals surface area contributed by atoms with Gasteiger partial charge >= 0.3 is 0 Å². The molecule has 0 aromatic heterocycles. The maximum absolute atomic E-state index is 9.57. The fourth-order valence-electron chi connectivity index (χ4n) is 1.39. The molecule has 6 unspecified atom stereocenters. The Labute approximate surface area is 81.8 Å². The second-order valence-electron chi connectivity index (χ2n) is 2.99. The largest absolute Gasteiger partial charge is 0.389 e. The highest BCUT2D eigenvalue weighted by Gasteiger charge is 2.36. The van der Waals surface area contributed by atoms with Crippen LogP contribution < -0.4 is 5.32 Å². The van der Waals surface area contributed by atoms with E-state index in [4.69, 9.17) is 9.05 Å². The molecule has 1 aliphatic heterocycles. The van der Waals surface area contributed by atoms with Crippen molar-refractivity contribution < 1.29 is 19.3 Å². The highest BCUT2D eigenvalue weighted by atomic mass is 31.0. The van der Waals surface area contributed by atoms with E-state index < -0.39 is 24.4 Å². The van der Waals surface area contributed by atoms with Crippen LogP contribution in [0.2, 0.25) is 0 Å². The molecule has 1 heterocycles. The molecule has 0 aliphatic carbocycles. The molecule has 13 heavy (non-hydrogen) atoms. The third kappa shape index (κ3) is 2.80. The number of aliphatic hydroxyl groups excluding tert-OH is 2. The summed E-state index contributed by atoms with van der Waals surface area (Å²) < 4.78 is 9.97. The zero-order chi connectivity index (χ0) is 9.84. The Hall–Kier alpha value is 0.660. The molecule has 1 aliphatic rings. The Bertz CT molecular complexity index is 146.